The van der Waals surface area contributed by atoms with Crippen molar-refractivity contribution in [3.63, 3.8) is 0 Å². The molecule has 220 valence electrons. The van der Waals surface area contributed by atoms with Crippen LogP contribution in [0.4, 0.5) is 14.5 Å². The van der Waals surface area contributed by atoms with Crippen LogP contribution in [0.25, 0.3) is 0 Å². The first-order valence-electron chi connectivity index (χ1n) is 13.9. The Morgan fingerprint density at radius 2 is 1.63 bits per heavy atom. The second kappa shape index (κ2) is 13.9. The zero-order valence-electron chi connectivity index (χ0n) is 23.5. The van der Waals surface area contributed by atoms with E-state index in [1.54, 1.807) is 24.3 Å². The van der Waals surface area contributed by atoms with Crippen molar-refractivity contribution in [2.45, 2.75) is 51.6 Å². The van der Waals surface area contributed by atoms with Crippen LogP contribution >= 0.6 is 0 Å². The van der Waals surface area contributed by atoms with Crippen LogP contribution in [0.15, 0.2) is 66.7 Å². The molecule has 0 unspecified atom stereocenters. The third-order valence-electron chi connectivity index (χ3n) is 7.15. The second-order valence-corrected chi connectivity index (χ2v) is 12.3. The van der Waals surface area contributed by atoms with E-state index in [1.165, 1.54) is 12.1 Å². The van der Waals surface area contributed by atoms with Crippen LogP contribution in [-0.2, 0) is 27.8 Å². The summed E-state index contributed by atoms with van der Waals surface area (Å²) in [4.78, 5) is 17.4. The SMILES string of the molecule is CCCCN(C(=O)Cc1ccc(F)cc1F)C1CCN(Cc2ccc(Oc3ccc(NS(C)(=O)=O)cc3)cc2)CC1. The Bertz CT molecular complexity index is 1410. The maximum absolute atomic E-state index is 14.2. The third kappa shape index (κ3) is 9.26. The zero-order valence-corrected chi connectivity index (χ0v) is 24.3. The number of amides is 1. The summed E-state index contributed by atoms with van der Waals surface area (Å²) < 4.78 is 58.5. The lowest BCUT2D eigenvalue weighted by Crippen LogP contribution is -2.48. The van der Waals surface area contributed by atoms with Gasteiger partial charge < -0.3 is 9.64 Å². The standard InChI is InChI=1S/C31H37F2N3O4S/c1-3-4-17-36(31(37)20-24-7-8-25(32)21-30(24)33)27-15-18-35(19-16-27)22-23-5-11-28(12-6-23)40-29-13-9-26(10-14-29)34-41(2,38)39/h5-14,21,27,34H,3-4,15-20,22H2,1-2H3. The molecule has 0 radical (unpaired) electrons. The molecule has 0 bridgehead atoms. The number of rotatable bonds is 12. The van der Waals surface area contributed by atoms with Gasteiger partial charge in [-0.25, -0.2) is 17.2 Å². The van der Waals surface area contributed by atoms with Crippen molar-refractivity contribution in [3.8, 4) is 11.5 Å². The molecular weight excluding hydrogens is 548 g/mol. The first-order chi connectivity index (χ1) is 19.6. The van der Waals surface area contributed by atoms with E-state index < -0.39 is 21.7 Å². The van der Waals surface area contributed by atoms with E-state index in [-0.39, 0.29) is 23.9 Å². The molecule has 0 atom stereocenters. The van der Waals surface area contributed by atoms with E-state index in [0.717, 1.165) is 63.2 Å². The Morgan fingerprint density at radius 1 is 1.00 bits per heavy atom. The molecule has 4 rings (SSSR count). The van der Waals surface area contributed by atoms with E-state index in [1.807, 2.05) is 29.2 Å². The maximum atomic E-state index is 14.2. The molecule has 1 N–H and O–H groups in total. The Hall–Kier alpha value is -3.50. The summed E-state index contributed by atoms with van der Waals surface area (Å²) in [5, 5.41) is 0. The highest BCUT2D eigenvalue weighted by Crippen LogP contribution is 2.25. The van der Waals surface area contributed by atoms with E-state index >= 15 is 0 Å². The van der Waals surface area contributed by atoms with Gasteiger partial charge in [0.15, 0.2) is 0 Å². The molecule has 1 aliphatic heterocycles. The van der Waals surface area contributed by atoms with Gasteiger partial charge in [-0.05, 0) is 72.9 Å². The highest BCUT2D eigenvalue weighted by molar-refractivity contribution is 7.92. The Kier molecular flexibility index (Phi) is 10.3. The highest BCUT2D eigenvalue weighted by Gasteiger charge is 2.28. The maximum Gasteiger partial charge on any atom is 0.229 e. The van der Waals surface area contributed by atoms with Crippen LogP contribution < -0.4 is 9.46 Å². The van der Waals surface area contributed by atoms with Crippen molar-refractivity contribution in [3.05, 3.63) is 89.5 Å². The van der Waals surface area contributed by atoms with Gasteiger partial charge in [0, 0.05) is 44.0 Å². The van der Waals surface area contributed by atoms with Crippen molar-refractivity contribution >= 4 is 21.6 Å². The second-order valence-electron chi connectivity index (χ2n) is 10.5. The van der Waals surface area contributed by atoms with E-state index in [4.69, 9.17) is 4.74 Å². The van der Waals surface area contributed by atoms with E-state index in [2.05, 4.69) is 16.5 Å². The smallest absolute Gasteiger partial charge is 0.229 e. The van der Waals surface area contributed by atoms with Gasteiger partial charge in [-0.1, -0.05) is 31.5 Å². The first-order valence-corrected chi connectivity index (χ1v) is 15.8. The number of nitrogens with zero attached hydrogens (tertiary/aromatic N) is 2. The number of anilines is 1. The van der Waals surface area contributed by atoms with Crippen LogP contribution in [0.2, 0.25) is 0 Å². The number of piperidine rings is 1. The number of ether oxygens (including phenoxy) is 1. The largest absolute Gasteiger partial charge is 0.457 e. The molecule has 1 saturated heterocycles. The molecule has 41 heavy (non-hydrogen) atoms. The predicted molar refractivity (Wildman–Crippen MR) is 156 cm³/mol. The number of benzene rings is 3. The van der Waals surface area contributed by atoms with E-state index in [9.17, 15) is 22.0 Å². The molecule has 3 aromatic carbocycles. The normalized spacial score (nSPS) is 14.5. The molecule has 1 aliphatic rings. The van der Waals surface area contributed by atoms with Gasteiger partial charge >= 0.3 is 0 Å². The quantitative estimate of drug-likeness (QED) is 0.284. The summed E-state index contributed by atoms with van der Waals surface area (Å²) in [6, 6.07) is 18.0. The molecule has 7 nitrogen and oxygen atoms in total. The van der Waals surface area contributed by atoms with Gasteiger partial charge in [0.25, 0.3) is 0 Å². The van der Waals surface area contributed by atoms with Crippen molar-refractivity contribution in [2.75, 3.05) is 30.6 Å². The van der Waals surface area contributed by atoms with Gasteiger partial charge in [-0.2, -0.15) is 0 Å². The number of nitrogens with one attached hydrogen (secondary N) is 1. The van der Waals surface area contributed by atoms with Crippen molar-refractivity contribution < 1.29 is 26.7 Å². The topological polar surface area (TPSA) is 79.0 Å². The van der Waals surface area contributed by atoms with Gasteiger partial charge in [-0.3, -0.25) is 14.4 Å². The van der Waals surface area contributed by atoms with Gasteiger partial charge in [0.1, 0.15) is 23.1 Å². The van der Waals surface area contributed by atoms with Crippen LogP contribution in [-0.4, -0.2) is 56.1 Å². The molecule has 1 amide bonds. The third-order valence-corrected chi connectivity index (χ3v) is 7.76. The van der Waals surface area contributed by atoms with Crippen molar-refractivity contribution in [1.29, 1.82) is 0 Å². The summed E-state index contributed by atoms with van der Waals surface area (Å²) in [5.41, 5.74) is 1.84. The lowest BCUT2D eigenvalue weighted by atomic mass is 10.0. The summed E-state index contributed by atoms with van der Waals surface area (Å²) >= 11 is 0. The Labute approximate surface area is 241 Å². The van der Waals surface area contributed by atoms with Gasteiger partial charge in [-0.15, -0.1) is 0 Å². The summed E-state index contributed by atoms with van der Waals surface area (Å²) in [6.45, 7) is 5.19. The lowest BCUT2D eigenvalue weighted by molar-refractivity contribution is -0.134. The molecule has 10 heteroatoms. The Balaban J connectivity index is 1.28. The minimum absolute atomic E-state index is 0.0633. The fourth-order valence-corrected chi connectivity index (χ4v) is 5.58. The van der Waals surface area contributed by atoms with Crippen LogP contribution in [0.3, 0.4) is 0 Å². The monoisotopic (exact) mass is 585 g/mol. The fourth-order valence-electron chi connectivity index (χ4n) is 5.02. The van der Waals surface area contributed by atoms with Gasteiger partial charge in [0.05, 0.1) is 12.7 Å². The number of unbranched alkanes of at least 4 members (excludes halogenated alkanes) is 1. The fraction of sp³-hybridized carbons (Fsp3) is 0.387. The number of likely N-dealkylation sites (tertiary alicyclic amines) is 1. The zero-order chi connectivity index (χ0) is 29.4. The summed E-state index contributed by atoms with van der Waals surface area (Å²) in [6.07, 6.45) is 4.56. The molecule has 1 heterocycles. The highest BCUT2D eigenvalue weighted by atomic mass is 32.2. The van der Waals surface area contributed by atoms with Crippen molar-refractivity contribution in [1.82, 2.24) is 9.80 Å². The summed E-state index contributed by atoms with van der Waals surface area (Å²) in [7, 11) is -3.33. The molecule has 0 aromatic heterocycles. The molecule has 0 aliphatic carbocycles. The Morgan fingerprint density at radius 3 is 2.22 bits per heavy atom. The number of halogens is 2. The summed E-state index contributed by atoms with van der Waals surface area (Å²) in [5.74, 6) is -0.159. The molecular formula is C31H37F2N3O4S. The van der Waals surface area contributed by atoms with Gasteiger partial charge in [0.2, 0.25) is 15.9 Å². The van der Waals surface area contributed by atoms with Crippen LogP contribution in [0.1, 0.15) is 43.7 Å². The molecule has 0 saturated carbocycles. The number of carbonyl (C=O) groups excluding carboxylic acids is 1. The average Bonchev–Trinajstić information content (AvgIpc) is 2.93. The average molecular weight is 586 g/mol. The number of hydrogen-bond acceptors (Lipinski definition) is 5. The number of sulfonamides is 1. The van der Waals surface area contributed by atoms with Crippen LogP contribution in [0, 0.1) is 11.6 Å². The molecule has 1 fully saturated rings. The molecule has 0 spiro atoms. The van der Waals surface area contributed by atoms with Crippen LogP contribution in [0.5, 0.6) is 11.5 Å². The first kappa shape index (κ1) is 30.5. The number of carbonyl (C=O) groups is 1. The minimum Gasteiger partial charge on any atom is -0.457 e. The minimum atomic E-state index is -3.33. The predicted octanol–water partition coefficient (Wildman–Crippen LogP) is 5.96. The molecule has 3 aromatic rings. The van der Waals surface area contributed by atoms with E-state index in [0.29, 0.717) is 23.7 Å². The number of hydrogen-bond donors (Lipinski definition) is 1. The van der Waals surface area contributed by atoms with Crippen molar-refractivity contribution in [2.24, 2.45) is 0 Å². The lowest BCUT2D eigenvalue weighted by Gasteiger charge is -2.39.